The molecule has 0 spiro atoms. The number of aromatic hydroxyl groups is 1. The first-order valence-electron chi connectivity index (χ1n) is 4.39. The van der Waals surface area contributed by atoms with Crippen molar-refractivity contribution in [2.45, 2.75) is 12.5 Å². The van der Waals surface area contributed by atoms with Gasteiger partial charge in [-0.2, -0.15) is 0 Å². The number of carbonyl (C=O) groups is 1. The third-order valence-electron chi connectivity index (χ3n) is 2.03. The molecule has 0 radical (unpaired) electrons. The molecule has 4 N–H and O–H groups in total. The molecule has 1 aromatic carbocycles. The van der Waals surface area contributed by atoms with E-state index < -0.39 is 12.0 Å². The molecule has 0 saturated heterocycles. The molecule has 0 fully saturated rings. The second-order valence-electron chi connectivity index (χ2n) is 3.13. The van der Waals surface area contributed by atoms with E-state index in [1.807, 2.05) is 0 Å². The number of phenols is 1. The van der Waals surface area contributed by atoms with Crippen LogP contribution in [-0.4, -0.2) is 23.3 Å². The third-order valence-corrected chi connectivity index (χ3v) is 2.03. The van der Waals surface area contributed by atoms with Gasteiger partial charge in [0.2, 0.25) is 0 Å². The van der Waals surface area contributed by atoms with Gasteiger partial charge in [-0.1, -0.05) is 6.07 Å². The van der Waals surface area contributed by atoms with E-state index in [0.717, 1.165) is 0 Å². The lowest BCUT2D eigenvalue weighted by Crippen LogP contribution is -2.15. The number of hydrogen-bond acceptors (Lipinski definition) is 4. The minimum Gasteiger partial charge on any atom is -0.507 e. The van der Waals surface area contributed by atoms with Gasteiger partial charge in [0.1, 0.15) is 11.5 Å². The van der Waals surface area contributed by atoms with Crippen LogP contribution >= 0.6 is 0 Å². The number of ether oxygens (including phenoxy) is 1. The lowest BCUT2D eigenvalue weighted by atomic mass is 10.0. The van der Waals surface area contributed by atoms with Crippen molar-refractivity contribution in [1.29, 1.82) is 0 Å². The number of carboxylic acids is 1. The van der Waals surface area contributed by atoms with Crippen molar-refractivity contribution in [2.75, 3.05) is 7.11 Å². The van der Waals surface area contributed by atoms with Crippen LogP contribution < -0.4 is 10.5 Å². The van der Waals surface area contributed by atoms with Gasteiger partial charge in [-0.3, -0.25) is 4.79 Å². The molecule has 0 amide bonds. The lowest BCUT2D eigenvalue weighted by molar-refractivity contribution is -0.137. The van der Waals surface area contributed by atoms with E-state index in [-0.39, 0.29) is 12.2 Å². The topological polar surface area (TPSA) is 92.8 Å². The average molecular weight is 211 g/mol. The number of benzene rings is 1. The average Bonchev–Trinajstić information content (AvgIpc) is 2.16. The Balaban J connectivity index is 2.90. The van der Waals surface area contributed by atoms with Gasteiger partial charge in [0.25, 0.3) is 0 Å². The maximum Gasteiger partial charge on any atom is 0.305 e. The van der Waals surface area contributed by atoms with Gasteiger partial charge in [-0.25, -0.2) is 0 Å². The van der Waals surface area contributed by atoms with Crippen LogP contribution in [-0.2, 0) is 4.79 Å². The van der Waals surface area contributed by atoms with Crippen molar-refractivity contribution in [1.82, 2.24) is 0 Å². The standard InChI is InChI=1S/C10H13NO4/c1-15-6-2-3-7(9(12)4-6)8(11)5-10(13)14/h2-4,8,12H,5,11H2,1H3,(H,13,14)/t8-/m0/s1. The monoisotopic (exact) mass is 211 g/mol. The van der Waals surface area contributed by atoms with Gasteiger partial charge in [0.05, 0.1) is 13.5 Å². The van der Waals surface area contributed by atoms with Crippen LogP contribution in [0.1, 0.15) is 18.0 Å². The molecular formula is C10H13NO4. The fourth-order valence-corrected chi connectivity index (χ4v) is 1.26. The minimum absolute atomic E-state index is 0.0527. The lowest BCUT2D eigenvalue weighted by Gasteiger charge is -2.12. The van der Waals surface area contributed by atoms with Gasteiger partial charge in [-0.15, -0.1) is 0 Å². The Morgan fingerprint density at radius 2 is 2.27 bits per heavy atom. The van der Waals surface area contributed by atoms with E-state index >= 15 is 0 Å². The molecule has 82 valence electrons. The summed E-state index contributed by atoms with van der Waals surface area (Å²) in [6, 6.07) is 3.86. The van der Waals surface area contributed by atoms with Gasteiger partial charge < -0.3 is 20.7 Å². The van der Waals surface area contributed by atoms with Crippen molar-refractivity contribution in [2.24, 2.45) is 5.73 Å². The first-order valence-corrected chi connectivity index (χ1v) is 4.39. The highest BCUT2D eigenvalue weighted by Gasteiger charge is 2.14. The van der Waals surface area contributed by atoms with Crippen molar-refractivity contribution in [3.8, 4) is 11.5 Å². The molecular weight excluding hydrogens is 198 g/mol. The normalized spacial score (nSPS) is 12.1. The molecule has 15 heavy (non-hydrogen) atoms. The maximum absolute atomic E-state index is 10.4. The molecule has 0 heterocycles. The zero-order chi connectivity index (χ0) is 11.4. The van der Waals surface area contributed by atoms with Crippen LogP contribution in [0.4, 0.5) is 0 Å². The number of phenolic OH excluding ortho intramolecular Hbond substituents is 1. The fraction of sp³-hybridized carbons (Fsp3) is 0.300. The number of nitrogens with two attached hydrogens (primary N) is 1. The highest BCUT2D eigenvalue weighted by molar-refractivity contribution is 5.68. The predicted molar refractivity (Wildman–Crippen MR) is 53.8 cm³/mol. The second-order valence-corrected chi connectivity index (χ2v) is 3.13. The molecule has 1 rings (SSSR count). The summed E-state index contributed by atoms with van der Waals surface area (Å²) >= 11 is 0. The van der Waals surface area contributed by atoms with Gasteiger partial charge in [-0.05, 0) is 6.07 Å². The van der Waals surface area contributed by atoms with Crippen LogP contribution in [0, 0.1) is 0 Å². The first-order chi connectivity index (χ1) is 7.04. The Labute approximate surface area is 87.1 Å². The van der Waals surface area contributed by atoms with Gasteiger partial charge in [0.15, 0.2) is 0 Å². The third kappa shape index (κ3) is 2.85. The molecule has 0 aromatic heterocycles. The molecule has 0 aliphatic heterocycles. The van der Waals surface area contributed by atoms with E-state index in [1.165, 1.54) is 13.2 Å². The van der Waals surface area contributed by atoms with Crippen LogP contribution in [0.2, 0.25) is 0 Å². The molecule has 1 aromatic rings. The summed E-state index contributed by atoms with van der Waals surface area (Å²) in [7, 11) is 1.48. The quantitative estimate of drug-likeness (QED) is 0.687. The van der Waals surface area contributed by atoms with Crippen molar-refractivity contribution in [3.63, 3.8) is 0 Å². The van der Waals surface area contributed by atoms with E-state index in [9.17, 15) is 9.90 Å². The Hall–Kier alpha value is -1.75. The number of hydrogen-bond donors (Lipinski definition) is 3. The molecule has 1 atom stereocenters. The maximum atomic E-state index is 10.4. The minimum atomic E-state index is -1.00. The van der Waals surface area contributed by atoms with Crippen LogP contribution in [0.3, 0.4) is 0 Å². The first kappa shape index (κ1) is 11.3. The SMILES string of the molecule is COc1ccc([C@@H](N)CC(=O)O)c(O)c1. The summed E-state index contributed by atoms with van der Waals surface area (Å²) in [6.07, 6.45) is -0.222. The van der Waals surface area contributed by atoms with Crippen LogP contribution in [0.5, 0.6) is 11.5 Å². The molecule has 5 heteroatoms. The zero-order valence-electron chi connectivity index (χ0n) is 8.30. The predicted octanol–water partition coefficient (Wildman–Crippen LogP) is 0.875. The van der Waals surface area contributed by atoms with Crippen molar-refractivity contribution in [3.05, 3.63) is 23.8 Å². The fourth-order valence-electron chi connectivity index (χ4n) is 1.26. The van der Waals surface area contributed by atoms with Crippen molar-refractivity contribution < 1.29 is 19.7 Å². The van der Waals surface area contributed by atoms with E-state index in [4.69, 9.17) is 15.6 Å². The highest BCUT2D eigenvalue weighted by atomic mass is 16.5. The zero-order valence-corrected chi connectivity index (χ0v) is 8.30. The number of aliphatic carboxylic acids is 1. The van der Waals surface area contributed by atoms with Gasteiger partial charge >= 0.3 is 5.97 Å². The molecule has 0 saturated carbocycles. The number of rotatable bonds is 4. The smallest absolute Gasteiger partial charge is 0.305 e. The van der Waals surface area contributed by atoms with Crippen molar-refractivity contribution >= 4 is 5.97 Å². The van der Waals surface area contributed by atoms with E-state index in [2.05, 4.69) is 0 Å². The Morgan fingerprint density at radius 3 is 2.73 bits per heavy atom. The second kappa shape index (κ2) is 4.65. The van der Waals surface area contributed by atoms with E-state index in [1.54, 1.807) is 12.1 Å². The summed E-state index contributed by atoms with van der Waals surface area (Å²) in [5.41, 5.74) is 6.01. The Morgan fingerprint density at radius 1 is 1.60 bits per heavy atom. The molecule has 0 aliphatic rings. The highest BCUT2D eigenvalue weighted by Crippen LogP contribution is 2.28. The molecule has 0 bridgehead atoms. The van der Waals surface area contributed by atoms with E-state index in [0.29, 0.717) is 11.3 Å². The molecule has 0 unspecified atom stereocenters. The summed E-state index contributed by atoms with van der Waals surface area (Å²) in [4.78, 5) is 10.4. The number of carboxylic acid groups (broad SMARTS) is 1. The summed E-state index contributed by atoms with van der Waals surface area (Å²) in [5.74, 6) is -0.556. The summed E-state index contributed by atoms with van der Waals surface area (Å²) in [5, 5.41) is 18.1. The molecule has 0 aliphatic carbocycles. The summed E-state index contributed by atoms with van der Waals surface area (Å²) < 4.78 is 4.89. The number of methoxy groups -OCH3 is 1. The van der Waals surface area contributed by atoms with Crippen LogP contribution in [0.25, 0.3) is 0 Å². The largest absolute Gasteiger partial charge is 0.507 e. The molecule has 5 nitrogen and oxygen atoms in total. The summed E-state index contributed by atoms with van der Waals surface area (Å²) in [6.45, 7) is 0. The Bertz CT molecular complexity index is 364. The van der Waals surface area contributed by atoms with Crippen LogP contribution in [0.15, 0.2) is 18.2 Å². The van der Waals surface area contributed by atoms with Gasteiger partial charge in [0, 0.05) is 17.7 Å². The Kier molecular flexibility index (Phi) is 3.51.